The van der Waals surface area contributed by atoms with Crippen LogP contribution < -0.4 is 9.46 Å². The fourth-order valence-corrected chi connectivity index (χ4v) is 4.24. The zero-order valence-corrected chi connectivity index (χ0v) is 19.5. The quantitative estimate of drug-likeness (QED) is 0.324. The normalized spacial score (nSPS) is 11.4. The molecule has 1 N–H and O–H groups in total. The third-order valence-electron chi connectivity index (χ3n) is 4.85. The van der Waals surface area contributed by atoms with Gasteiger partial charge in [0.25, 0.3) is 10.0 Å². The van der Waals surface area contributed by atoms with E-state index in [1.165, 1.54) is 35.0 Å². The van der Waals surface area contributed by atoms with Crippen LogP contribution in [0.1, 0.15) is 6.92 Å². The van der Waals surface area contributed by atoms with Crippen molar-refractivity contribution in [3.05, 3.63) is 84.4 Å². The second kappa shape index (κ2) is 10.6. The Hall–Kier alpha value is -3.83. The number of sulfonamides is 1. The smallest absolute Gasteiger partial charge is 0.336 e. The third-order valence-corrected chi connectivity index (χ3v) is 6.25. The zero-order valence-electron chi connectivity index (χ0n) is 18.7. The van der Waals surface area contributed by atoms with Crippen molar-refractivity contribution in [3.63, 3.8) is 0 Å². The van der Waals surface area contributed by atoms with Crippen molar-refractivity contribution in [2.45, 2.75) is 11.8 Å². The molecule has 11 heteroatoms. The molecule has 0 saturated heterocycles. The van der Waals surface area contributed by atoms with Crippen molar-refractivity contribution in [2.75, 3.05) is 24.5 Å². The fourth-order valence-electron chi connectivity index (χ4n) is 3.19. The maximum atomic E-state index is 14.5. The fraction of sp³-hybridized carbons (Fsp3) is 0.167. The van der Waals surface area contributed by atoms with Crippen molar-refractivity contribution in [1.82, 2.24) is 14.8 Å². The van der Waals surface area contributed by atoms with Gasteiger partial charge in [0.15, 0.2) is 5.82 Å². The maximum Gasteiger partial charge on any atom is 0.336 e. The van der Waals surface area contributed by atoms with E-state index in [4.69, 9.17) is 9.47 Å². The summed E-state index contributed by atoms with van der Waals surface area (Å²) in [5.41, 5.74) is 1.000. The molecule has 1 aromatic heterocycles. The summed E-state index contributed by atoms with van der Waals surface area (Å²) in [6.07, 6.45) is 0. The van der Waals surface area contributed by atoms with Gasteiger partial charge in [0, 0.05) is 12.3 Å². The Kier molecular flexibility index (Phi) is 7.37. The molecular formula is C24H22F2N4O4S. The number of benzene rings is 3. The first-order valence-corrected chi connectivity index (χ1v) is 12.2. The Morgan fingerprint density at radius 2 is 1.66 bits per heavy atom. The molecule has 0 atom stereocenters. The monoisotopic (exact) mass is 500 g/mol. The number of anilines is 1. The van der Waals surface area contributed by atoms with E-state index in [0.29, 0.717) is 18.9 Å². The summed E-state index contributed by atoms with van der Waals surface area (Å²) < 4.78 is 67.4. The number of rotatable bonds is 10. The molecule has 0 aliphatic rings. The lowest BCUT2D eigenvalue weighted by Crippen LogP contribution is -2.13. The van der Waals surface area contributed by atoms with Crippen LogP contribution in [0.15, 0.2) is 77.7 Å². The van der Waals surface area contributed by atoms with Gasteiger partial charge in [-0.05, 0) is 67.6 Å². The first kappa shape index (κ1) is 24.3. The largest absolute Gasteiger partial charge is 0.460 e. The van der Waals surface area contributed by atoms with Crippen molar-refractivity contribution in [1.29, 1.82) is 0 Å². The first-order chi connectivity index (χ1) is 16.9. The molecule has 0 aliphatic carbocycles. The summed E-state index contributed by atoms with van der Waals surface area (Å²) in [7, 11) is -3.91. The molecule has 1 heterocycles. The van der Waals surface area contributed by atoms with Gasteiger partial charge in [-0.15, -0.1) is 5.10 Å². The highest BCUT2D eigenvalue weighted by Crippen LogP contribution is 2.27. The minimum absolute atomic E-state index is 0.0454. The Morgan fingerprint density at radius 3 is 2.34 bits per heavy atom. The summed E-state index contributed by atoms with van der Waals surface area (Å²) in [4.78, 5) is 4.26. The number of nitrogens with one attached hydrogen (secondary N) is 1. The standard InChI is InChI=1S/C24H22F2N4O4S/c1-2-33-15-16-34-24-27-23(21-5-3-4-6-22(21)26)30(28-24)19-11-9-18(10-12-19)29-35(31,32)20-13-7-17(25)8-14-20/h3-14,29H,2,15-16H2,1H3. The Bertz CT molecular complexity index is 1390. The summed E-state index contributed by atoms with van der Waals surface area (Å²) >= 11 is 0. The van der Waals surface area contributed by atoms with Gasteiger partial charge in [-0.3, -0.25) is 4.72 Å². The van der Waals surface area contributed by atoms with Crippen LogP contribution in [-0.4, -0.2) is 43.0 Å². The Morgan fingerprint density at radius 1 is 0.943 bits per heavy atom. The van der Waals surface area contributed by atoms with E-state index >= 15 is 0 Å². The van der Waals surface area contributed by atoms with Crippen LogP contribution in [-0.2, 0) is 14.8 Å². The van der Waals surface area contributed by atoms with E-state index in [-0.39, 0.29) is 34.6 Å². The van der Waals surface area contributed by atoms with Gasteiger partial charge in [-0.1, -0.05) is 12.1 Å². The van der Waals surface area contributed by atoms with E-state index in [0.717, 1.165) is 12.1 Å². The molecule has 0 saturated carbocycles. The lowest BCUT2D eigenvalue weighted by Gasteiger charge is -2.10. The highest BCUT2D eigenvalue weighted by Gasteiger charge is 2.18. The molecule has 0 spiro atoms. The zero-order chi connectivity index (χ0) is 24.8. The van der Waals surface area contributed by atoms with Crippen LogP contribution in [0.2, 0.25) is 0 Å². The highest BCUT2D eigenvalue weighted by atomic mass is 32.2. The van der Waals surface area contributed by atoms with Crippen LogP contribution in [0.4, 0.5) is 14.5 Å². The first-order valence-electron chi connectivity index (χ1n) is 10.7. The van der Waals surface area contributed by atoms with E-state index in [2.05, 4.69) is 14.8 Å². The van der Waals surface area contributed by atoms with Gasteiger partial charge in [0.1, 0.15) is 18.2 Å². The van der Waals surface area contributed by atoms with E-state index in [9.17, 15) is 17.2 Å². The molecule has 4 aromatic rings. The molecule has 0 bridgehead atoms. The molecule has 182 valence electrons. The lowest BCUT2D eigenvalue weighted by molar-refractivity contribution is 0.106. The van der Waals surface area contributed by atoms with Crippen LogP contribution >= 0.6 is 0 Å². The summed E-state index contributed by atoms with van der Waals surface area (Å²) in [5.74, 6) is -0.798. The molecule has 0 unspecified atom stereocenters. The lowest BCUT2D eigenvalue weighted by atomic mass is 10.2. The van der Waals surface area contributed by atoms with Crippen LogP contribution in [0.3, 0.4) is 0 Å². The van der Waals surface area contributed by atoms with Crippen molar-refractivity contribution in [3.8, 4) is 23.1 Å². The molecule has 35 heavy (non-hydrogen) atoms. The van der Waals surface area contributed by atoms with Gasteiger partial charge in [-0.25, -0.2) is 21.9 Å². The van der Waals surface area contributed by atoms with E-state index < -0.39 is 21.7 Å². The number of nitrogens with zero attached hydrogens (tertiary/aromatic N) is 3. The molecule has 0 fully saturated rings. The van der Waals surface area contributed by atoms with Gasteiger partial charge >= 0.3 is 6.01 Å². The number of halogens is 2. The van der Waals surface area contributed by atoms with Crippen LogP contribution in [0.25, 0.3) is 17.1 Å². The number of hydrogen-bond acceptors (Lipinski definition) is 6. The third kappa shape index (κ3) is 5.81. The average Bonchev–Trinajstić information content (AvgIpc) is 3.26. The molecule has 0 amide bonds. The van der Waals surface area contributed by atoms with E-state index in [1.54, 1.807) is 30.3 Å². The van der Waals surface area contributed by atoms with Gasteiger partial charge in [0.2, 0.25) is 0 Å². The molecule has 8 nitrogen and oxygen atoms in total. The SMILES string of the molecule is CCOCCOc1nc(-c2ccccc2F)n(-c2ccc(NS(=O)(=O)c3ccc(F)cc3)cc2)n1. The second-order valence-corrected chi connectivity index (χ2v) is 8.94. The predicted octanol–water partition coefficient (Wildman–Crippen LogP) is 4.43. The predicted molar refractivity (Wildman–Crippen MR) is 126 cm³/mol. The van der Waals surface area contributed by atoms with Crippen molar-refractivity contribution in [2.24, 2.45) is 0 Å². The van der Waals surface area contributed by atoms with Gasteiger partial charge < -0.3 is 9.47 Å². The Labute approximate surface area is 201 Å². The number of aromatic nitrogens is 3. The van der Waals surface area contributed by atoms with Crippen molar-refractivity contribution >= 4 is 15.7 Å². The summed E-state index contributed by atoms with van der Waals surface area (Å²) in [6.45, 7) is 2.98. The molecule has 0 radical (unpaired) electrons. The van der Waals surface area contributed by atoms with Crippen LogP contribution in [0.5, 0.6) is 6.01 Å². The van der Waals surface area contributed by atoms with E-state index in [1.807, 2.05) is 6.92 Å². The minimum Gasteiger partial charge on any atom is -0.460 e. The number of hydrogen-bond donors (Lipinski definition) is 1. The topological polar surface area (TPSA) is 95.3 Å². The summed E-state index contributed by atoms with van der Waals surface area (Å²) in [6, 6.07) is 16.9. The van der Waals surface area contributed by atoms with Gasteiger partial charge in [0.05, 0.1) is 22.8 Å². The minimum atomic E-state index is -3.91. The molecule has 3 aromatic carbocycles. The highest BCUT2D eigenvalue weighted by molar-refractivity contribution is 7.92. The van der Waals surface area contributed by atoms with Crippen LogP contribution in [0, 0.1) is 11.6 Å². The number of ether oxygens (including phenoxy) is 2. The van der Waals surface area contributed by atoms with Gasteiger partial charge in [-0.2, -0.15) is 4.98 Å². The van der Waals surface area contributed by atoms with Crippen molar-refractivity contribution < 1.29 is 26.7 Å². The Balaban J connectivity index is 1.61. The maximum absolute atomic E-state index is 14.5. The molecular weight excluding hydrogens is 478 g/mol. The molecule has 0 aliphatic heterocycles. The second-order valence-electron chi connectivity index (χ2n) is 7.26. The summed E-state index contributed by atoms with van der Waals surface area (Å²) in [5, 5.41) is 4.34. The molecule has 4 rings (SSSR count). The average molecular weight is 501 g/mol.